The Kier molecular flexibility index (Phi) is 16.2. The summed E-state index contributed by atoms with van der Waals surface area (Å²) in [5.74, 6) is 0.859. The molecule has 42 heavy (non-hydrogen) atoms. The highest BCUT2D eigenvalue weighted by Gasteiger charge is 2.28. The zero-order chi connectivity index (χ0) is 30.2. The maximum absolute atomic E-state index is 2.64. The van der Waals surface area contributed by atoms with E-state index < -0.39 is 0 Å². The minimum atomic E-state index is 0.859. The molecule has 4 heteroatoms. The highest BCUT2D eigenvalue weighted by Crippen LogP contribution is 2.23. The van der Waals surface area contributed by atoms with Crippen LogP contribution in [0.3, 0.4) is 0 Å². The van der Waals surface area contributed by atoms with Gasteiger partial charge < -0.3 is 17.9 Å². The molecule has 4 aliphatic heterocycles. The largest absolute Gasteiger partial charge is 0.326 e. The average Bonchev–Trinajstić information content (AvgIpc) is 2.93. The third kappa shape index (κ3) is 14.3. The molecule has 0 aliphatic carbocycles. The first-order valence-electron chi connectivity index (χ1n) is 19.5. The Labute approximate surface area is 265 Å². The van der Waals surface area contributed by atoms with Gasteiger partial charge in [-0.3, -0.25) is 0 Å². The molecule has 0 radical (unpaired) electrons. The molecule has 0 aromatic heterocycles. The monoisotopic (exact) mass is 593 g/mol. The zero-order valence-corrected chi connectivity index (χ0v) is 30.0. The number of quaternary nitrogens is 4. The van der Waals surface area contributed by atoms with Gasteiger partial charge in [0, 0.05) is 5.92 Å². The van der Waals surface area contributed by atoms with E-state index in [1.807, 2.05) is 0 Å². The van der Waals surface area contributed by atoms with Crippen molar-refractivity contribution in [2.45, 2.75) is 135 Å². The molecule has 0 aromatic carbocycles. The molecular weight excluding hydrogens is 512 g/mol. The topological polar surface area (TPSA) is 0 Å². The van der Waals surface area contributed by atoms with E-state index in [4.69, 9.17) is 0 Å². The van der Waals surface area contributed by atoms with Crippen molar-refractivity contribution < 1.29 is 17.9 Å². The van der Waals surface area contributed by atoms with Gasteiger partial charge in [0.05, 0.1) is 107 Å². The molecule has 0 aromatic rings. The van der Waals surface area contributed by atoms with Crippen molar-refractivity contribution in [2.24, 2.45) is 5.92 Å². The van der Waals surface area contributed by atoms with Gasteiger partial charge in [0.2, 0.25) is 0 Å². The predicted molar refractivity (Wildman–Crippen MR) is 185 cm³/mol. The molecule has 4 bridgehead atoms. The number of rotatable bonds is 0. The summed E-state index contributed by atoms with van der Waals surface area (Å²) < 4.78 is 5.39. The molecule has 248 valence electrons. The molecule has 4 aliphatic rings. The lowest BCUT2D eigenvalue weighted by Gasteiger charge is -2.38. The van der Waals surface area contributed by atoms with Crippen molar-refractivity contribution in [1.82, 2.24) is 0 Å². The van der Waals surface area contributed by atoms with Gasteiger partial charge in [-0.15, -0.1) is 0 Å². The van der Waals surface area contributed by atoms with E-state index in [0.717, 1.165) is 5.92 Å². The second-order valence-corrected chi connectivity index (χ2v) is 17.2. The van der Waals surface area contributed by atoms with E-state index in [1.165, 1.54) is 225 Å². The molecule has 5 atom stereocenters. The quantitative estimate of drug-likeness (QED) is 0.249. The van der Waals surface area contributed by atoms with Gasteiger partial charge in [0.15, 0.2) is 0 Å². The van der Waals surface area contributed by atoms with Crippen molar-refractivity contribution in [3.63, 3.8) is 0 Å². The average molecular weight is 593 g/mol. The summed E-state index contributed by atoms with van der Waals surface area (Å²) in [5, 5.41) is 0. The molecule has 4 saturated heterocycles. The van der Waals surface area contributed by atoms with Crippen LogP contribution in [0, 0.1) is 5.92 Å². The maximum Gasteiger partial charge on any atom is 0.0810 e. The fraction of sp³-hybridized carbons (Fsp3) is 1.00. The Bertz CT molecular complexity index is 709. The lowest BCUT2D eigenvalue weighted by molar-refractivity contribution is -0.914. The lowest BCUT2D eigenvalue weighted by Crippen LogP contribution is -2.49. The second kappa shape index (κ2) is 18.7. The first-order valence-corrected chi connectivity index (χ1v) is 19.5. The van der Waals surface area contributed by atoms with E-state index in [9.17, 15) is 0 Å². The Morgan fingerprint density at radius 2 is 0.500 bits per heavy atom. The van der Waals surface area contributed by atoms with Gasteiger partial charge in [-0.25, -0.2) is 0 Å². The fourth-order valence-electron chi connectivity index (χ4n) is 9.32. The first kappa shape index (κ1) is 36.3. The van der Waals surface area contributed by atoms with Crippen molar-refractivity contribution in [1.29, 1.82) is 0 Å². The van der Waals surface area contributed by atoms with E-state index in [-0.39, 0.29) is 0 Å². The van der Waals surface area contributed by atoms with Crippen LogP contribution in [0.1, 0.15) is 135 Å². The normalized spacial score (nSPS) is 39.5. The Morgan fingerprint density at radius 1 is 0.286 bits per heavy atom. The minimum Gasteiger partial charge on any atom is -0.326 e. The fourth-order valence-corrected chi connectivity index (χ4v) is 9.32. The molecule has 0 saturated carbocycles. The Balaban J connectivity index is 1.85. The first-order chi connectivity index (χ1) is 20.1. The van der Waals surface area contributed by atoms with Crippen LogP contribution in [0.25, 0.3) is 0 Å². The van der Waals surface area contributed by atoms with Crippen LogP contribution in [0.2, 0.25) is 0 Å². The summed E-state index contributed by atoms with van der Waals surface area (Å²) >= 11 is 0. The van der Waals surface area contributed by atoms with Gasteiger partial charge in [-0.2, -0.15) is 0 Å². The third-order valence-electron chi connectivity index (χ3n) is 12.4. The molecule has 4 unspecified atom stereocenters. The molecule has 4 fully saturated rings. The Morgan fingerprint density at radius 3 is 0.786 bits per heavy atom. The van der Waals surface area contributed by atoms with E-state index in [2.05, 4.69) is 35.1 Å². The van der Waals surface area contributed by atoms with Crippen LogP contribution in [-0.2, 0) is 0 Å². The molecule has 0 amide bonds. The summed E-state index contributed by atoms with van der Waals surface area (Å²) in [5.41, 5.74) is 0. The van der Waals surface area contributed by atoms with Crippen molar-refractivity contribution in [2.75, 3.05) is 107 Å². The SMILES string of the molecule is C[C@@H]1CCC[N+]2(C)CCCCCC[N+]3(C)CCCCCC[N+](C)(CCCCCC[N+](C)(CCCCC3)CCCCC2)C1. The zero-order valence-electron chi connectivity index (χ0n) is 30.0. The summed E-state index contributed by atoms with van der Waals surface area (Å²) in [6.07, 6.45) is 28.9. The van der Waals surface area contributed by atoms with Crippen LogP contribution in [-0.4, -0.2) is 125 Å². The highest BCUT2D eigenvalue weighted by molar-refractivity contribution is 4.59. The van der Waals surface area contributed by atoms with Crippen molar-refractivity contribution >= 4 is 0 Å². The van der Waals surface area contributed by atoms with Crippen molar-refractivity contribution in [3.05, 3.63) is 0 Å². The molecule has 0 N–H and O–H groups in total. The van der Waals surface area contributed by atoms with Gasteiger partial charge in [-0.1, -0.05) is 6.92 Å². The summed E-state index contributed by atoms with van der Waals surface area (Å²) in [6, 6.07) is 0. The van der Waals surface area contributed by atoms with Gasteiger partial charge in [-0.05, 0) is 128 Å². The van der Waals surface area contributed by atoms with Gasteiger partial charge >= 0.3 is 0 Å². The summed E-state index contributed by atoms with van der Waals surface area (Å²) in [4.78, 5) is 0. The summed E-state index contributed by atoms with van der Waals surface area (Å²) in [7, 11) is 10.5. The smallest absolute Gasteiger partial charge is 0.0810 e. The standard InChI is InChI=1S/C38H80N4/c1-38-25-24-36-41(4)29-17-7-6-14-26-39(2)27-15-8-10-18-34-42(5,37-38)35-19-11-9-16-28-40(3,31-21-12-20-30-39)32-22-13-23-33-41/h38H,6-37H2,1-5H3/q+4/t38-,39?,40?,41?,42?/m1/s1. The van der Waals surface area contributed by atoms with E-state index >= 15 is 0 Å². The second-order valence-electron chi connectivity index (χ2n) is 17.2. The van der Waals surface area contributed by atoms with Crippen LogP contribution in [0.15, 0.2) is 0 Å². The molecule has 4 rings (SSSR count). The molecule has 4 heterocycles. The molecular formula is C38H80N4+4. The number of nitrogens with zero attached hydrogens (tertiary/aromatic N) is 4. The molecule has 0 spiro atoms. The van der Waals surface area contributed by atoms with Crippen LogP contribution < -0.4 is 0 Å². The number of hydrogen-bond donors (Lipinski definition) is 0. The van der Waals surface area contributed by atoms with Crippen LogP contribution >= 0.6 is 0 Å². The highest BCUT2D eigenvalue weighted by atomic mass is 15.3. The van der Waals surface area contributed by atoms with E-state index in [0.29, 0.717) is 0 Å². The van der Waals surface area contributed by atoms with Crippen molar-refractivity contribution in [3.8, 4) is 0 Å². The molecule has 4 nitrogen and oxygen atoms in total. The Hall–Kier alpha value is -0.160. The van der Waals surface area contributed by atoms with Crippen LogP contribution in [0.4, 0.5) is 0 Å². The maximum atomic E-state index is 2.64. The van der Waals surface area contributed by atoms with E-state index in [1.54, 1.807) is 0 Å². The number of fused-ring (bicyclic) bond motifs is 27. The number of hydrogen-bond acceptors (Lipinski definition) is 0. The van der Waals surface area contributed by atoms with Gasteiger partial charge in [0.1, 0.15) is 0 Å². The minimum absolute atomic E-state index is 0.859. The summed E-state index contributed by atoms with van der Waals surface area (Å²) in [6.45, 7) is 19.6. The van der Waals surface area contributed by atoms with Gasteiger partial charge in [0.25, 0.3) is 0 Å². The third-order valence-corrected chi connectivity index (χ3v) is 12.4. The lowest BCUT2D eigenvalue weighted by atomic mass is 10.0. The van der Waals surface area contributed by atoms with Crippen LogP contribution in [0.5, 0.6) is 0 Å². The predicted octanol–water partition coefficient (Wildman–Crippen LogP) is 8.25.